The Bertz CT molecular complexity index is 783. The molecule has 4 rings (SSSR count). The highest BCUT2D eigenvalue weighted by atomic mass is 35.5. The fourth-order valence-electron chi connectivity index (χ4n) is 4.65. The van der Waals surface area contributed by atoms with Gasteiger partial charge in [0.05, 0.1) is 31.5 Å². The molecule has 2 saturated heterocycles. The van der Waals surface area contributed by atoms with Gasteiger partial charge in [-0.3, -0.25) is 9.58 Å². The number of hydrogen-bond acceptors (Lipinski definition) is 5. The van der Waals surface area contributed by atoms with Crippen LogP contribution in [0.2, 0.25) is 5.02 Å². The maximum Gasteiger partial charge on any atom is 0.119 e. The average Bonchev–Trinajstić information content (AvgIpc) is 3.32. The van der Waals surface area contributed by atoms with Crippen LogP contribution >= 0.6 is 11.6 Å². The van der Waals surface area contributed by atoms with Crippen LogP contribution < -0.4 is 4.74 Å². The van der Waals surface area contributed by atoms with Gasteiger partial charge in [-0.25, -0.2) is 0 Å². The molecule has 1 aromatic carbocycles. The molecule has 0 amide bonds. The van der Waals surface area contributed by atoms with Crippen LogP contribution in [0.4, 0.5) is 0 Å². The standard InChI is InChI=1S/C20H27ClN4O2/c1-27-19-4-2-3-16(7-19)9-24-11-17-10-23(13-20(17,14-24)15-26)5-6-25-12-18(21)8-22-25/h2-4,7-8,12,17,26H,5-6,9-11,13-15H2,1H3. The summed E-state index contributed by atoms with van der Waals surface area (Å²) in [7, 11) is 1.70. The molecule has 2 aromatic rings. The Balaban J connectivity index is 1.35. The van der Waals surface area contributed by atoms with Gasteiger partial charge in [-0.05, 0) is 23.6 Å². The number of aliphatic hydroxyl groups excluding tert-OH is 1. The summed E-state index contributed by atoms with van der Waals surface area (Å²) < 4.78 is 7.22. The molecular weight excluding hydrogens is 364 g/mol. The summed E-state index contributed by atoms with van der Waals surface area (Å²) in [5.74, 6) is 1.41. The van der Waals surface area contributed by atoms with Crippen molar-refractivity contribution in [3.05, 3.63) is 47.2 Å². The zero-order valence-corrected chi connectivity index (χ0v) is 16.5. The third-order valence-corrected chi connectivity index (χ3v) is 6.20. The molecule has 3 heterocycles. The number of hydrogen-bond donors (Lipinski definition) is 1. The quantitative estimate of drug-likeness (QED) is 0.783. The van der Waals surface area contributed by atoms with Crippen LogP contribution in [-0.4, -0.2) is 71.1 Å². The van der Waals surface area contributed by atoms with E-state index in [1.807, 2.05) is 23.0 Å². The fourth-order valence-corrected chi connectivity index (χ4v) is 4.81. The predicted octanol–water partition coefficient (Wildman–Crippen LogP) is 1.97. The van der Waals surface area contributed by atoms with E-state index in [0.29, 0.717) is 10.9 Å². The van der Waals surface area contributed by atoms with Crippen LogP contribution in [0.15, 0.2) is 36.7 Å². The molecule has 27 heavy (non-hydrogen) atoms. The Labute approximate surface area is 165 Å². The first-order chi connectivity index (χ1) is 13.1. The molecule has 7 heteroatoms. The van der Waals surface area contributed by atoms with E-state index >= 15 is 0 Å². The summed E-state index contributed by atoms with van der Waals surface area (Å²) in [5, 5.41) is 15.1. The lowest BCUT2D eigenvalue weighted by Crippen LogP contribution is -2.37. The maximum atomic E-state index is 10.2. The smallest absolute Gasteiger partial charge is 0.119 e. The van der Waals surface area contributed by atoms with Gasteiger partial charge >= 0.3 is 0 Å². The molecule has 0 spiro atoms. The van der Waals surface area contributed by atoms with Crippen LogP contribution in [0, 0.1) is 11.3 Å². The summed E-state index contributed by atoms with van der Waals surface area (Å²) in [5.41, 5.74) is 1.25. The largest absolute Gasteiger partial charge is 0.497 e. The number of aliphatic hydroxyl groups is 1. The van der Waals surface area contributed by atoms with E-state index in [-0.39, 0.29) is 12.0 Å². The molecule has 2 atom stereocenters. The molecular formula is C20H27ClN4O2. The molecule has 2 unspecified atom stereocenters. The first-order valence-corrected chi connectivity index (χ1v) is 9.84. The molecule has 0 bridgehead atoms. The van der Waals surface area contributed by atoms with E-state index in [1.54, 1.807) is 13.3 Å². The molecule has 2 aliphatic heterocycles. The van der Waals surface area contributed by atoms with Crippen molar-refractivity contribution in [1.82, 2.24) is 19.6 Å². The zero-order valence-electron chi connectivity index (χ0n) is 15.7. The highest BCUT2D eigenvalue weighted by Gasteiger charge is 2.51. The maximum absolute atomic E-state index is 10.2. The summed E-state index contributed by atoms with van der Waals surface area (Å²) >= 11 is 5.94. The minimum atomic E-state index is -0.0133. The Morgan fingerprint density at radius 1 is 1.26 bits per heavy atom. The van der Waals surface area contributed by atoms with Crippen LogP contribution in [-0.2, 0) is 13.1 Å². The van der Waals surface area contributed by atoms with Gasteiger partial charge in [0.2, 0.25) is 0 Å². The van der Waals surface area contributed by atoms with Crippen LogP contribution in [0.5, 0.6) is 5.75 Å². The number of methoxy groups -OCH3 is 1. The zero-order chi connectivity index (χ0) is 18.9. The van der Waals surface area contributed by atoms with Crippen molar-refractivity contribution in [2.75, 3.05) is 46.4 Å². The SMILES string of the molecule is COc1cccc(CN2CC3CN(CCn4cc(Cl)cn4)CC3(CO)C2)c1. The van der Waals surface area contributed by atoms with E-state index in [0.717, 1.165) is 51.6 Å². The number of fused-ring (bicyclic) bond motifs is 1. The highest BCUT2D eigenvalue weighted by molar-refractivity contribution is 6.30. The Kier molecular flexibility index (Phi) is 5.41. The number of ether oxygens (including phenoxy) is 1. The second kappa shape index (κ2) is 7.80. The van der Waals surface area contributed by atoms with Crippen molar-refractivity contribution >= 4 is 11.6 Å². The number of likely N-dealkylation sites (tertiary alicyclic amines) is 2. The topological polar surface area (TPSA) is 53.8 Å². The molecule has 0 aliphatic carbocycles. The summed E-state index contributed by atoms with van der Waals surface area (Å²) in [6, 6.07) is 8.25. The normalized spacial score (nSPS) is 25.8. The summed E-state index contributed by atoms with van der Waals surface area (Å²) in [6.45, 7) is 6.86. The second-order valence-corrected chi connectivity index (χ2v) is 8.33. The predicted molar refractivity (Wildman–Crippen MR) is 105 cm³/mol. The third-order valence-electron chi connectivity index (χ3n) is 6.00. The number of rotatable bonds is 7. The first-order valence-electron chi connectivity index (χ1n) is 9.47. The Morgan fingerprint density at radius 2 is 2.07 bits per heavy atom. The molecule has 146 valence electrons. The molecule has 1 aromatic heterocycles. The van der Waals surface area contributed by atoms with Crippen molar-refractivity contribution in [1.29, 1.82) is 0 Å². The van der Waals surface area contributed by atoms with Gasteiger partial charge in [-0.15, -0.1) is 0 Å². The monoisotopic (exact) mass is 390 g/mol. The molecule has 0 radical (unpaired) electrons. The van der Waals surface area contributed by atoms with Crippen molar-refractivity contribution in [3.63, 3.8) is 0 Å². The minimum Gasteiger partial charge on any atom is -0.497 e. The van der Waals surface area contributed by atoms with Gasteiger partial charge in [0.1, 0.15) is 5.75 Å². The van der Waals surface area contributed by atoms with E-state index in [1.165, 1.54) is 5.56 Å². The lowest BCUT2D eigenvalue weighted by molar-refractivity contribution is 0.111. The van der Waals surface area contributed by atoms with Gasteiger partial charge in [-0.1, -0.05) is 23.7 Å². The molecule has 6 nitrogen and oxygen atoms in total. The molecule has 1 N–H and O–H groups in total. The van der Waals surface area contributed by atoms with Crippen molar-refractivity contribution in [2.24, 2.45) is 11.3 Å². The van der Waals surface area contributed by atoms with E-state index in [2.05, 4.69) is 27.0 Å². The van der Waals surface area contributed by atoms with Gasteiger partial charge in [0.25, 0.3) is 0 Å². The first kappa shape index (κ1) is 18.7. The van der Waals surface area contributed by atoms with Crippen molar-refractivity contribution in [2.45, 2.75) is 13.1 Å². The van der Waals surface area contributed by atoms with Gasteiger partial charge < -0.3 is 14.7 Å². The van der Waals surface area contributed by atoms with Crippen molar-refractivity contribution in [3.8, 4) is 5.75 Å². The minimum absolute atomic E-state index is 0.0133. The van der Waals surface area contributed by atoms with Gasteiger partial charge in [0, 0.05) is 50.9 Å². The summed E-state index contributed by atoms with van der Waals surface area (Å²) in [6.07, 6.45) is 3.53. The van der Waals surface area contributed by atoms with Gasteiger partial charge in [0.15, 0.2) is 0 Å². The van der Waals surface area contributed by atoms with E-state index in [4.69, 9.17) is 16.3 Å². The number of nitrogens with zero attached hydrogens (tertiary/aromatic N) is 4. The Hall–Kier alpha value is -1.60. The molecule has 0 saturated carbocycles. The van der Waals surface area contributed by atoms with Crippen LogP contribution in [0.1, 0.15) is 5.56 Å². The second-order valence-electron chi connectivity index (χ2n) is 7.90. The van der Waals surface area contributed by atoms with E-state index in [9.17, 15) is 5.11 Å². The fraction of sp³-hybridized carbons (Fsp3) is 0.550. The van der Waals surface area contributed by atoms with Crippen LogP contribution in [0.25, 0.3) is 0 Å². The average molecular weight is 391 g/mol. The molecule has 2 fully saturated rings. The lowest BCUT2D eigenvalue weighted by atomic mass is 9.82. The van der Waals surface area contributed by atoms with Crippen LogP contribution in [0.3, 0.4) is 0 Å². The van der Waals surface area contributed by atoms with E-state index < -0.39 is 0 Å². The summed E-state index contributed by atoms with van der Waals surface area (Å²) in [4.78, 5) is 4.93. The van der Waals surface area contributed by atoms with Gasteiger partial charge in [-0.2, -0.15) is 5.10 Å². The Morgan fingerprint density at radius 3 is 2.78 bits per heavy atom. The highest BCUT2D eigenvalue weighted by Crippen LogP contribution is 2.42. The number of halogens is 1. The molecule has 2 aliphatic rings. The van der Waals surface area contributed by atoms with Crippen molar-refractivity contribution < 1.29 is 9.84 Å². The third kappa shape index (κ3) is 3.99. The lowest BCUT2D eigenvalue weighted by Gasteiger charge is -2.27. The number of aromatic nitrogens is 2. The number of benzene rings is 1.